The molecular weight excluding hydrogens is 351 g/mol. The number of benzene rings is 1. The number of anilines is 1. The first-order valence-electron chi connectivity index (χ1n) is 6.09. The van der Waals surface area contributed by atoms with Crippen molar-refractivity contribution in [1.29, 1.82) is 0 Å². The highest BCUT2D eigenvalue weighted by Crippen LogP contribution is 2.37. The van der Waals surface area contributed by atoms with Crippen molar-refractivity contribution < 1.29 is 14.3 Å². The number of hydrogen-bond donors (Lipinski definition) is 0. The molecule has 1 aromatic carbocycles. The molecule has 0 bridgehead atoms. The van der Waals surface area contributed by atoms with E-state index in [1.165, 1.54) is 23.2 Å². The summed E-state index contributed by atoms with van der Waals surface area (Å²) in [6.45, 7) is 0.226. The van der Waals surface area contributed by atoms with Crippen LogP contribution < -0.4 is 9.64 Å². The molecule has 1 aliphatic rings. The lowest BCUT2D eigenvalue weighted by Crippen LogP contribution is -2.37. The molecule has 2 aromatic rings. The second-order valence-electron chi connectivity index (χ2n) is 4.51. The molecule has 0 fully saturated rings. The summed E-state index contributed by atoms with van der Waals surface area (Å²) in [7, 11) is 0. The van der Waals surface area contributed by atoms with Crippen LogP contribution in [0.25, 0.3) is 0 Å². The molecule has 0 spiro atoms. The molecule has 3 rings (SSSR count). The summed E-state index contributed by atoms with van der Waals surface area (Å²) < 4.78 is 5.24. The van der Waals surface area contributed by atoms with Crippen molar-refractivity contribution in [2.24, 2.45) is 0 Å². The van der Waals surface area contributed by atoms with Gasteiger partial charge in [0.15, 0.2) is 5.75 Å². The quantitative estimate of drug-likeness (QED) is 0.752. The number of aromatic nitrogens is 1. The number of halogens is 3. The largest absolute Gasteiger partial charge is 0.420 e. The molecule has 5 nitrogen and oxygen atoms in total. The zero-order chi connectivity index (χ0) is 15.9. The lowest BCUT2D eigenvalue weighted by Gasteiger charge is -2.28. The van der Waals surface area contributed by atoms with Gasteiger partial charge in [0.2, 0.25) is 0 Å². The van der Waals surface area contributed by atoms with E-state index in [0.717, 1.165) is 0 Å². The minimum Gasteiger partial charge on any atom is -0.408 e. The third kappa shape index (κ3) is 2.75. The standard InChI is InChI=1S/C14H7Cl3N2O3/c15-8-3-7-6-19(14(21)22-12(7)10(16)4-8)9-1-2-11(13(17)20)18-5-9/h1-5H,6H2. The molecule has 8 heteroatoms. The van der Waals surface area contributed by atoms with Gasteiger partial charge in [-0.25, -0.2) is 9.78 Å². The zero-order valence-electron chi connectivity index (χ0n) is 10.8. The Bertz CT molecular complexity index is 778. The number of hydrogen-bond acceptors (Lipinski definition) is 4. The second kappa shape index (κ2) is 5.76. The molecule has 112 valence electrons. The number of carbonyl (C=O) groups is 2. The molecule has 0 saturated carbocycles. The van der Waals surface area contributed by atoms with Crippen molar-refractivity contribution in [3.05, 3.63) is 51.8 Å². The third-order valence-electron chi connectivity index (χ3n) is 3.08. The van der Waals surface area contributed by atoms with Gasteiger partial charge in [0.05, 0.1) is 23.5 Å². The van der Waals surface area contributed by atoms with Gasteiger partial charge in [-0.05, 0) is 35.9 Å². The average molecular weight is 358 g/mol. The maximum Gasteiger partial charge on any atom is 0.420 e. The van der Waals surface area contributed by atoms with E-state index < -0.39 is 11.3 Å². The van der Waals surface area contributed by atoms with Gasteiger partial charge >= 0.3 is 6.09 Å². The smallest absolute Gasteiger partial charge is 0.408 e. The van der Waals surface area contributed by atoms with Crippen LogP contribution in [0.3, 0.4) is 0 Å². The van der Waals surface area contributed by atoms with Crippen molar-refractivity contribution in [1.82, 2.24) is 4.98 Å². The van der Waals surface area contributed by atoms with E-state index in [2.05, 4.69) is 4.98 Å². The second-order valence-corrected chi connectivity index (χ2v) is 5.69. The molecule has 0 atom stereocenters. The number of rotatable bonds is 2. The highest BCUT2D eigenvalue weighted by Gasteiger charge is 2.28. The first-order chi connectivity index (χ1) is 10.5. The van der Waals surface area contributed by atoms with E-state index in [1.807, 2.05) is 0 Å². The Labute approximate surface area is 140 Å². The Kier molecular flexibility index (Phi) is 3.95. The van der Waals surface area contributed by atoms with Gasteiger partial charge in [-0.1, -0.05) is 23.2 Å². The monoisotopic (exact) mass is 356 g/mol. The summed E-state index contributed by atoms with van der Waals surface area (Å²) in [6.07, 6.45) is 0.775. The molecule has 1 aromatic heterocycles. The minimum atomic E-state index is -0.670. The van der Waals surface area contributed by atoms with E-state index in [4.69, 9.17) is 39.5 Å². The van der Waals surface area contributed by atoms with Gasteiger partial charge in [0, 0.05) is 10.6 Å². The van der Waals surface area contributed by atoms with E-state index in [0.29, 0.717) is 22.0 Å². The maximum absolute atomic E-state index is 12.1. The van der Waals surface area contributed by atoms with Crippen molar-refractivity contribution in [3.8, 4) is 5.75 Å². The Morgan fingerprint density at radius 3 is 2.68 bits per heavy atom. The van der Waals surface area contributed by atoms with Gasteiger partial charge in [-0.3, -0.25) is 9.69 Å². The zero-order valence-corrected chi connectivity index (χ0v) is 13.1. The number of ether oxygens (including phenoxy) is 1. The van der Waals surface area contributed by atoms with Gasteiger partial charge < -0.3 is 4.74 Å². The van der Waals surface area contributed by atoms with E-state index in [-0.39, 0.29) is 17.3 Å². The normalized spacial score (nSPS) is 13.6. The van der Waals surface area contributed by atoms with E-state index in [9.17, 15) is 9.59 Å². The van der Waals surface area contributed by atoms with Crippen molar-refractivity contribution in [2.45, 2.75) is 6.54 Å². The third-order valence-corrected chi connectivity index (χ3v) is 3.78. The lowest BCUT2D eigenvalue weighted by atomic mass is 10.1. The van der Waals surface area contributed by atoms with Crippen LogP contribution in [-0.4, -0.2) is 16.3 Å². The van der Waals surface area contributed by atoms with Gasteiger partial charge in [-0.15, -0.1) is 0 Å². The van der Waals surface area contributed by atoms with Gasteiger partial charge in [0.25, 0.3) is 5.24 Å². The molecule has 1 aliphatic heterocycles. The van der Waals surface area contributed by atoms with E-state index in [1.54, 1.807) is 12.1 Å². The fourth-order valence-electron chi connectivity index (χ4n) is 2.08. The van der Waals surface area contributed by atoms with Crippen LogP contribution in [0.5, 0.6) is 5.75 Å². The first kappa shape index (κ1) is 15.1. The first-order valence-corrected chi connectivity index (χ1v) is 7.22. The molecule has 0 N–H and O–H groups in total. The summed E-state index contributed by atoms with van der Waals surface area (Å²) in [4.78, 5) is 28.4. The van der Waals surface area contributed by atoms with Crippen LogP contribution in [0.15, 0.2) is 30.5 Å². The number of fused-ring (bicyclic) bond motifs is 1. The van der Waals surface area contributed by atoms with Crippen LogP contribution in [-0.2, 0) is 6.54 Å². The highest BCUT2D eigenvalue weighted by atomic mass is 35.5. The van der Waals surface area contributed by atoms with Crippen LogP contribution in [0.2, 0.25) is 10.0 Å². The molecule has 2 heterocycles. The highest BCUT2D eigenvalue weighted by molar-refractivity contribution is 6.67. The molecule has 0 unspecified atom stereocenters. The molecule has 0 saturated heterocycles. The van der Waals surface area contributed by atoms with Crippen molar-refractivity contribution in [2.75, 3.05) is 4.90 Å². The summed E-state index contributed by atoms with van der Waals surface area (Å²) in [5, 5.41) is 0.0521. The Morgan fingerprint density at radius 2 is 2.05 bits per heavy atom. The topological polar surface area (TPSA) is 59.5 Å². The lowest BCUT2D eigenvalue weighted by molar-refractivity contribution is 0.107. The SMILES string of the molecule is O=C(Cl)c1ccc(N2Cc3cc(Cl)cc(Cl)c3OC2=O)cn1. The van der Waals surface area contributed by atoms with Crippen molar-refractivity contribution >= 4 is 51.8 Å². The van der Waals surface area contributed by atoms with Gasteiger partial charge in [0.1, 0.15) is 5.69 Å². The van der Waals surface area contributed by atoms with Gasteiger partial charge in [-0.2, -0.15) is 0 Å². The minimum absolute atomic E-state index is 0.0993. The van der Waals surface area contributed by atoms with Crippen LogP contribution >= 0.6 is 34.8 Å². The Hall–Kier alpha value is -1.82. The predicted octanol–water partition coefficient (Wildman–Crippen LogP) is 4.29. The fourth-order valence-corrected chi connectivity index (χ4v) is 2.77. The fraction of sp³-hybridized carbons (Fsp3) is 0.0714. The number of carbonyl (C=O) groups excluding carboxylic acids is 2. The summed E-state index contributed by atoms with van der Waals surface area (Å²) in [5.74, 6) is 0.299. The van der Waals surface area contributed by atoms with Crippen LogP contribution in [0.1, 0.15) is 16.1 Å². The molecule has 0 radical (unpaired) electrons. The molecule has 1 amide bonds. The molecule has 0 aliphatic carbocycles. The number of nitrogens with zero attached hydrogens (tertiary/aromatic N) is 2. The summed E-state index contributed by atoms with van der Waals surface area (Å²) in [5.41, 5.74) is 1.24. The summed E-state index contributed by atoms with van der Waals surface area (Å²) >= 11 is 17.3. The predicted molar refractivity (Wildman–Crippen MR) is 83.1 cm³/mol. The van der Waals surface area contributed by atoms with Crippen LogP contribution in [0, 0.1) is 0 Å². The average Bonchev–Trinajstić information content (AvgIpc) is 2.47. The summed E-state index contributed by atoms with van der Waals surface area (Å²) in [6, 6.07) is 6.17. The van der Waals surface area contributed by atoms with Crippen molar-refractivity contribution in [3.63, 3.8) is 0 Å². The molecular formula is C14H7Cl3N2O3. The number of pyridine rings is 1. The van der Waals surface area contributed by atoms with E-state index >= 15 is 0 Å². The Balaban J connectivity index is 1.95. The number of amides is 1. The Morgan fingerprint density at radius 1 is 1.27 bits per heavy atom. The van der Waals surface area contributed by atoms with Crippen LogP contribution in [0.4, 0.5) is 10.5 Å². The maximum atomic E-state index is 12.1. The molecule has 22 heavy (non-hydrogen) atoms.